The largest absolute Gasteiger partial charge is 0.347 e. The van der Waals surface area contributed by atoms with Gasteiger partial charge in [-0.2, -0.15) is 0 Å². The number of anilines is 1. The summed E-state index contributed by atoms with van der Waals surface area (Å²) in [5, 5.41) is 15.5. The molecule has 0 aliphatic carbocycles. The molecule has 7 nitrogen and oxygen atoms in total. The molecule has 0 saturated carbocycles. The molecule has 0 radical (unpaired) electrons. The summed E-state index contributed by atoms with van der Waals surface area (Å²) in [6.07, 6.45) is 0. The van der Waals surface area contributed by atoms with E-state index in [1.165, 1.54) is 4.90 Å². The van der Waals surface area contributed by atoms with Crippen molar-refractivity contribution in [3.63, 3.8) is 0 Å². The van der Waals surface area contributed by atoms with Gasteiger partial charge in [0.1, 0.15) is 11.4 Å². The maximum atomic E-state index is 12.3. The summed E-state index contributed by atoms with van der Waals surface area (Å²) < 4.78 is 0. The van der Waals surface area contributed by atoms with Crippen molar-refractivity contribution in [2.24, 2.45) is 0 Å². The molecule has 2 aromatic rings. The fraction of sp³-hybridized carbons (Fsp3) is 0.211. The van der Waals surface area contributed by atoms with E-state index in [2.05, 4.69) is 10.6 Å². The van der Waals surface area contributed by atoms with E-state index in [4.69, 9.17) is 5.41 Å². The number of quaternary nitrogens is 1. The zero-order valence-corrected chi connectivity index (χ0v) is 15.2. The first-order valence-electron chi connectivity index (χ1n) is 8.25. The van der Waals surface area contributed by atoms with E-state index in [1.807, 2.05) is 42.7 Å². The third-order valence-electron chi connectivity index (χ3n) is 3.83. The third-order valence-corrected chi connectivity index (χ3v) is 3.83. The molecule has 0 heterocycles. The number of urea groups is 1. The fourth-order valence-corrected chi connectivity index (χ4v) is 2.31. The smallest absolute Gasteiger partial charge is 0.321 e. The van der Waals surface area contributed by atoms with Gasteiger partial charge >= 0.3 is 6.03 Å². The minimum atomic E-state index is -0.427. The topological polar surface area (TPSA) is 102 Å². The minimum absolute atomic E-state index is 0.0615. The summed E-state index contributed by atoms with van der Waals surface area (Å²) in [5.41, 5.74) is 2.96. The standard InChI is InChI=1S/C19H23N5O2/c1-21-16-7-5-4-6-15(16)17(20)18(25)22-12-13-8-10-14(11-9-13)23-19(26)24(2)3/h4-11,20-21H,12H2,1-3H3,(H,22,25)(H,23,26)/p+1. The zero-order chi connectivity index (χ0) is 19.1. The number of carbonyl (C=O) groups is 2. The highest BCUT2D eigenvalue weighted by atomic mass is 16.2. The Labute approximate surface area is 152 Å². The summed E-state index contributed by atoms with van der Waals surface area (Å²) >= 11 is 0. The Kier molecular flexibility index (Phi) is 6.46. The van der Waals surface area contributed by atoms with Gasteiger partial charge in [-0.05, 0) is 29.8 Å². The van der Waals surface area contributed by atoms with Crippen molar-refractivity contribution in [2.75, 3.05) is 26.5 Å². The molecule has 0 fully saturated rings. The van der Waals surface area contributed by atoms with Crippen LogP contribution in [0.4, 0.5) is 16.2 Å². The second kappa shape index (κ2) is 8.77. The Hall–Kier alpha value is -3.19. The monoisotopic (exact) mass is 354 g/mol. The first-order valence-corrected chi connectivity index (χ1v) is 8.25. The molecule has 136 valence electrons. The van der Waals surface area contributed by atoms with Crippen LogP contribution in [-0.4, -0.2) is 43.7 Å². The number of para-hydroxylation sites is 1. The Morgan fingerprint density at radius 2 is 1.73 bits per heavy atom. The summed E-state index contributed by atoms with van der Waals surface area (Å²) in [5.74, 6) is -0.427. The fourth-order valence-electron chi connectivity index (χ4n) is 2.31. The van der Waals surface area contributed by atoms with Crippen LogP contribution < -0.4 is 16.0 Å². The Morgan fingerprint density at radius 3 is 2.35 bits per heavy atom. The average molecular weight is 354 g/mol. The van der Waals surface area contributed by atoms with Crippen LogP contribution in [0.25, 0.3) is 0 Å². The lowest BCUT2D eigenvalue weighted by Crippen LogP contribution is -2.73. The molecule has 0 bridgehead atoms. The number of hydrogen-bond acceptors (Lipinski definition) is 3. The molecule has 0 spiro atoms. The molecule has 2 rings (SSSR count). The molecule has 26 heavy (non-hydrogen) atoms. The zero-order valence-electron chi connectivity index (χ0n) is 15.2. The lowest BCUT2D eigenvalue weighted by Gasteiger charge is -2.12. The maximum Gasteiger partial charge on any atom is 0.321 e. The van der Waals surface area contributed by atoms with Gasteiger partial charge in [-0.3, -0.25) is 10.2 Å². The predicted octanol–water partition coefficient (Wildman–Crippen LogP) is 1.29. The second-order valence-electron chi connectivity index (χ2n) is 5.96. The summed E-state index contributed by atoms with van der Waals surface area (Å²) in [7, 11) is 5.21. The van der Waals surface area contributed by atoms with Crippen LogP contribution in [0, 0.1) is 5.41 Å². The highest BCUT2D eigenvalue weighted by Gasteiger charge is 2.16. The van der Waals surface area contributed by atoms with Crippen LogP contribution in [-0.2, 0) is 11.3 Å². The summed E-state index contributed by atoms with van der Waals surface area (Å²) in [6.45, 7) is 0.307. The minimum Gasteiger partial charge on any atom is -0.347 e. The maximum absolute atomic E-state index is 12.3. The molecule has 0 atom stereocenters. The van der Waals surface area contributed by atoms with E-state index >= 15 is 0 Å². The van der Waals surface area contributed by atoms with Gasteiger partial charge in [0.15, 0.2) is 0 Å². The quantitative estimate of drug-likeness (QED) is 0.464. The Bertz CT molecular complexity index is 800. The van der Waals surface area contributed by atoms with Crippen LogP contribution >= 0.6 is 0 Å². The highest BCUT2D eigenvalue weighted by Crippen LogP contribution is 2.12. The molecule has 0 unspecified atom stereocenters. The third kappa shape index (κ3) is 4.90. The van der Waals surface area contributed by atoms with Crippen LogP contribution in [0.15, 0.2) is 48.5 Å². The Morgan fingerprint density at radius 1 is 1.08 bits per heavy atom. The van der Waals surface area contributed by atoms with E-state index < -0.39 is 5.91 Å². The average Bonchev–Trinajstić information content (AvgIpc) is 2.66. The molecular formula is C19H24N5O2+. The number of hydrogen-bond donors (Lipinski definition) is 4. The van der Waals surface area contributed by atoms with Crippen LogP contribution in [0.5, 0.6) is 0 Å². The molecule has 5 N–H and O–H groups in total. The van der Waals surface area contributed by atoms with E-state index in [-0.39, 0.29) is 11.7 Å². The van der Waals surface area contributed by atoms with Gasteiger partial charge in [-0.15, -0.1) is 0 Å². The molecule has 0 aliphatic rings. The van der Waals surface area contributed by atoms with Crippen molar-refractivity contribution in [1.82, 2.24) is 10.2 Å². The number of nitrogens with one attached hydrogen (secondary N) is 3. The number of benzene rings is 2. The summed E-state index contributed by atoms with van der Waals surface area (Å²) in [6, 6.07) is 14.3. The van der Waals surface area contributed by atoms with Crippen molar-refractivity contribution >= 4 is 29.0 Å². The molecule has 0 saturated heterocycles. The van der Waals surface area contributed by atoms with Gasteiger partial charge in [0, 0.05) is 26.3 Å². The van der Waals surface area contributed by atoms with E-state index in [0.717, 1.165) is 11.3 Å². The molecule has 2 aromatic carbocycles. The second-order valence-corrected chi connectivity index (χ2v) is 5.96. The van der Waals surface area contributed by atoms with Crippen molar-refractivity contribution < 1.29 is 14.9 Å². The van der Waals surface area contributed by atoms with Crippen molar-refractivity contribution in [3.8, 4) is 0 Å². The van der Waals surface area contributed by atoms with Gasteiger partial charge < -0.3 is 20.9 Å². The van der Waals surface area contributed by atoms with Gasteiger partial charge in [-0.25, -0.2) is 4.79 Å². The van der Waals surface area contributed by atoms with Gasteiger partial charge in [0.2, 0.25) is 0 Å². The van der Waals surface area contributed by atoms with Gasteiger partial charge in [-0.1, -0.05) is 24.3 Å². The first kappa shape index (κ1) is 19.1. The van der Waals surface area contributed by atoms with Crippen molar-refractivity contribution in [1.29, 1.82) is 5.41 Å². The highest BCUT2D eigenvalue weighted by molar-refractivity contribution is 6.44. The number of nitrogens with two attached hydrogens (primary N) is 1. The van der Waals surface area contributed by atoms with Crippen LogP contribution in [0.3, 0.4) is 0 Å². The van der Waals surface area contributed by atoms with Crippen LogP contribution in [0.2, 0.25) is 0 Å². The normalized spacial score (nSPS) is 10.1. The first-order chi connectivity index (χ1) is 12.4. The van der Waals surface area contributed by atoms with E-state index in [9.17, 15) is 9.59 Å². The predicted molar refractivity (Wildman–Crippen MR) is 102 cm³/mol. The van der Waals surface area contributed by atoms with Crippen molar-refractivity contribution in [3.05, 3.63) is 59.7 Å². The number of carbonyl (C=O) groups excluding carboxylic acids is 2. The SMILES string of the molecule is C[NH2+]c1ccccc1C(=N)C(=O)NCc1ccc(NC(=O)N(C)C)cc1. The Balaban J connectivity index is 1.94. The van der Waals surface area contributed by atoms with Crippen molar-refractivity contribution in [2.45, 2.75) is 6.54 Å². The number of rotatable bonds is 6. The van der Waals surface area contributed by atoms with E-state index in [0.29, 0.717) is 17.8 Å². The summed E-state index contributed by atoms with van der Waals surface area (Å²) in [4.78, 5) is 25.3. The lowest BCUT2D eigenvalue weighted by atomic mass is 10.1. The number of amides is 3. The van der Waals surface area contributed by atoms with E-state index in [1.54, 1.807) is 32.3 Å². The molecule has 7 heteroatoms. The van der Waals surface area contributed by atoms with Crippen LogP contribution in [0.1, 0.15) is 11.1 Å². The van der Waals surface area contributed by atoms with Gasteiger partial charge in [0.05, 0.1) is 12.6 Å². The molecule has 3 amide bonds. The number of nitrogens with zero attached hydrogens (tertiary/aromatic N) is 1. The molecule has 0 aromatic heterocycles. The van der Waals surface area contributed by atoms with Gasteiger partial charge in [0.25, 0.3) is 5.91 Å². The lowest BCUT2D eigenvalue weighted by molar-refractivity contribution is -0.539. The molecular weight excluding hydrogens is 330 g/mol. The molecule has 0 aliphatic heterocycles.